The standard InChI is InChI=1S/C4H13NOSi/c1-7(2,3)6-4-5/h4-5H2,1-3H3. The third-order valence-corrected chi connectivity index (χ3v) is 1.55. The van der Waals surface area contributed by atoms with Gasteiger partial charge in [-0.15, -0.1) is 0 Å². The summed E-state index contributed by atoms with van der Waals surface area (Å²) in [5, 5.41) is 0. The highest BCUT2D eigenvalue weighted by atomic mass is 28.4. The molecule has 3 heteroatoms. The van der Waals surface area contributed by atoms with Gasteiger partial charge in [-0.2, -0.15) is 0 Å². The summed E-state index contributed by atoms with van der Waals surface area (Å²) in [5.74, 6) is 0. The maximum atomic E-state index is 5.15. The van der Waals surface area contributed by atoms with Gasteiger partial charge in [0, 0.05) is 0 Å². The maximum Gasteiger partial charge on any atom is 0.185 e. The lowest BCUT2D eigenvalue weighted by Crippen LogP contribution is -2.28. The number of nitrogens with two attached hydrogens (primary N) is 1. The van der Waals surface area contributed by atoms with E-state index in [0.717, 1.165) is 0 Å². The van der Waals surface area contributed by atoms with Gasteiger partial charge in [0.25, 0.3) is 0 Å². The maximum absolute atomic E-state index is 5.15. The van der Waals surface area contributed by atoms with E-state index in [2.05, 4.69) is 19.6 Å². The normalized spacial score (nSPS) is 12.0. The molecule has 2 nitrogen and oxygen atoms in total. The number of rotatable bonds is 2. The zero-order chi connectivity index (χ0) is 5.91. The molecule has 0 aliphatic rings. The largest absolute Gasteiger partial charge is 0.405 e. The summed E-state index contributed by atoms with van der Waals surface area (Å²) in [7, 11) is -1.28. The van der Waals surface area contributed by atoms with Gasteiger partial charge in [0.2, 0.25) is 0 Å². The van der Waals surface area contributed by atoms with E-state index in [1.54, 1.807) is 0 Å². The predicted octanol–water partition coefficient (Wildman–Crippen LogP) is 0.754. The third-order valence-electron chi connectivity index (χ3n) is 0.516. The zero-order valence-electron chi connectivity index (χ0n) is 5.19. The molecular formula is C4H13NOSi. The average Bonchev–Trinajstić information content (AvgIpc) is 1.30. The molecule has 0 rings (SSSR count). The molecule has 0 bridgehead atoms. The molecule has 0 radical (unpaired) electrons. The molecule has 0 atom stereocenters. The Morgan fingerprint density at radius 3 is 1.86 bits per heavy atom. The molecule has 0 aliphatic heterocycles. The molecule has 44 valence electrons. The average molecular weight is 119 g/mol. The van der Waals surface area contributed by atoms with Crippen LogP contribution < -0.4 is 5.73 Å². The molecule has 0 aromatic rings. The van der Waals surface area contributed by atoms with Crippen LogP contribution in [0.15, 0.2) is 0 Å². The van der Waals surface area contributed by atoms with E-state index in [9.17, 15) is 0 Å². The molecule has 0 aromatic carbocycles. The van der Waals surface area contributed by atoms with Crippen molar-refractivity contribution in [2.24, 2.45) is 5.73 Å². The smallest absolute Gasteiger partial charge is 0.185 e. The summed E-state index contributed by atoms with van der Waals surface area (Å²) in [4.78, 5) is 0. The Morgan fingerprint density at radius 2 is 1.86 bits per heavy atom. The summed E-state index contributed by atoms with van der Waals surface area (Å²) in [6.07, 6.45) is 0. The topological polar surface area (TPSA) is 35.2 Å². The molecule has 0 amide bonds. The van der Waals surface area contributed by atoms with E-state index < -0.39 is 8.32 Å². The highest BCUT2D eigenvalue weighted by Gasteiger charge is 2.11. The molecule has 0 saturated carbocycles. The van der Waals surface area contributed by atoms with E-state index in [1.807, 2.05) is 0 Å². The summed E-state index contributed by atoms with van der Waals surface area (Å²) in [6, 6.07) is 0. The van der Waals surface area contributed by atoms with Gasteiger partial charge in [0.1, 0.15) is 0 Å². The van der Waals surface area contributed by atoms with E-state index in [4.69, 9.17) is 10.2 Å². The minimum absolute atomic E-state index is 0.371. The summed E-state index contributed by atoms with van der Waals surface area (Å²) < 4.78 is 5.15. The number of hydrogen-bond acceptors (Lipinski definition) is 2. The highest BCUT2D eigenvalue weighted by Crippen LogP contribution is 1.98. The first kappa shape index (κ1) is 7.14. The van der Waals surface area contributed by atoms with Crippen molar-refractivity contribution >= 4 is 8.32 Å². The predicted molar refractivity (Wildman–Crippen MR) is 33.5 cm³/mol. The molecular weight excluding hydrogens is 106 g/mol. The minimum atomic E-state index is -1.28. The fraction of sp³-hybridized carbons (Fsp3) is 1.00. The van der Waals surface area contributed by atoms with Crippen molar-refractivity contribution < 1.29 is 4.43 Å². The quantitative estimate of drug-likeness (QED) is 0.430. The van der Waals surface area contributed by atoms with Gasteiger partial charge in [-0.25, -0.2) is 0 Å². The molecule has 7 heavy (non-hydrogen) atoms. The monoisotopic (exact) mass is 119 g/mol. The second-order valence-electron chi connectivity index (χ2n) is 2.42. The Balaban J connectivity index is 3.15. The number of hydrogen-bond donors (Lipinski definition) is 1. The van der Waals surface area contributed by atoms with E-state index in [0.29, 0.717) is 6.73 Å². The second-order valence-corrected chi connectivity index (χ2v) is 6.94. The summed E-state index contributed by atoms with van der Waals surface area (Å²) >= 11 is 0. The van der Waals surface area contributed by atoms with Crippen LogP contribution in [0, 0.1) is 0 Å². The first-order valence-corrected chi connectivity index (χ1v) is 5.81. The van der Waals surface area contributed by atoms with Crippen LogP contribution in [0.2, 0.25) is 19.6 Å². The molecule has 2 N–H and O–H groups in total. The SMILES string of the molecule is C[Si](C)(C)OCN. The lowest BCUT2D eigenvalue weighted by atomic mass is 11.4. The Bertz CT molecular complexity index is 50.1. The first-order chi connectivity index (χ1) is 3.06. The minimum Gasteiger partial charge on any atom is -0.405 e. The molecule has 0 heterocycles. The van der Waals surface area contributed by atoms with Crippen LogP contribution in [0.4, 0.5) is 0 Å². The molecule has 0 spiro atoms. The Hall–Kier alpha value is 0.137. The molecule has 0 aromatic heterocycles. The van der Waals surface area contributed by atoms with Gasteiger partial charge in [0.15, 0.2) is 8.32 Å². The van der Waals surface area contributed by atoms with Crippen molar-refractivity contribution in [3.05, 3.63) is 0 Å². The van der Waals surface area contributed by atoms with Gasteiger partial charge in [-0.3, -0.25) is 0 Å². The van der Waals surface area contributed by atoms with Crippen LogP contribution in [-0.4, -0.2) is 15.0 Å². The van der Waals surface area contributed by atoms with Crippen molar-refractivity contribution in [2.75, 3.05) is 6.73 Å². The fourth-order valence-electron chi connectivity index (χ4n) is 0.250. The van der Waals surface area contributed by atoms with Crippen LogP contribution in [0.3, 0.4) is 0 Å². The van der Waals surface area contributed by atoms with E-state index >= 15 is 0 Å². The lowest BCUT2D eigenvalue weighted by molar-refractivity contribution is 0.323. The Labute approximate surface area is 45.8 Å². The zero-order valence-corrected chi connectivity index (χ0v) is 6.19. The van der Waals surface area contributed by atoms with Gasteiger partial charge in [-0.1, -0.05) is 0 Å². The van der Waals surface area contributed by atoms with Crippen LogP contribution >= 0.6 is 0 Å². The van der Waals surface area contributed by atoms with Gasteiger partial charge in [0.05, 0.1) is 6.73 Å². The van der Waals surface area contributed by atoms with Crippen molar-refractivity contribution in [3.8, 4) is 0 Å². The Kier molecular flexibility index (Phi) is 2.49. The van der Waals surface area contributed by atoms with Crippen LogP contribution in [0.1, 0.15) is 0 Å². The van der Waals surface area contributed by atoms with E-state index in [1.165, 1.54) is 0 Å². The third kappa shape index (κ3) is 6.14. The van der Waals surface area contributed by atoms with Gasteiger partial charge >= 0.3 is 0 Å². The lowest BCUT2D eigenvalue weighted by Gasteiger charge is -2.13. The summed E-state index contributed by atoms with van der Waals surface area (Å²) in [5.41, 5.74) is 5.13. The molecule has 0 unspecified atom stereocenters. The van der Waals surface area contributed by atoms with E-state index in [-0.39, 0.29) is 0 Å². The fourth-order valence-corrected chi connectivity index (χ4v) is 0.750. The first-order valence-electron chi connectivity index (χ1n) is 2.40. The van der Waals surface area contributed by atoms with Crippen molar-refractivity contribution in [1.29, 1.82) is 0 Å². The van der Waals surface area contributed by atoms with Gasteiger partial charge < -0.3 is 10.2 Å². The summed E-state index contributed by atoms with van der Waals surface area (Å²) in [6.45, 7) is 6.70. The van der Waals surface area contributed by atoms with Crippen LogP contribution in [-0.2, 0) is 4.43 Å². The van der Waals surface area contributed by atoms with Crippen LogP contribution in [0.25, 0.3) is 0 Å². The van der Waals surface area contributed by atoms with Crippen LogP contribution in [0.5, 0.6) is 0 Å². The van der Waals surface area contributed by atoms with Crippen molar-refractivity contribution in [1.82, 2.24) is 0 Å². The Morgan fingerprint density at radius 1 is 1.43 bits per heavy atom. The molecule has 0 fully saturated rings. The van der Waals surface area contributed by atoms with Crippen molar-refractivity contribution in [3.63, 3.8) is 0 Å². The highest BCUT2D eigenvalue weighted by molar-refractivity contribution is 6.69. The van der Waals surface area contributed by atoms with Gasteiger partial charge in [-0.05, 0) is 19.6 Å². The molecule has 0 aliphatic carbocycles. The molecule has 0 saturated heterocycles. The second kappa shape index (κ2) is 2.45. The van der Waals surface area contributed by atoms with Crippen molar-refractivity contribution in [2.45, 2.75) is 19.6 Å².